The Labute approximate surface area is 107 Å². The molecule has 1 aromatic rings. The summed E-state index contributed by atoms with van der Waals surface area (Å²) in [6, 6.07) is 0. The minimum absolute atomic E-state index is 0.190. The number of rotatable bonds is 3. The third-order valence-electron chi connectivity index (χ3n) is 3.54. The Balaban J connectivity index is 2.30. The summed E-state index contributed by atoms with van der Waals surface area (Å²) in [5.74, 6) is 0.763. The van der Waals surface area contributed by atoms with Crippen molar-refractivity contribution >= 4 is 9.84 Å². The molecule has 0 saturated carbocycles. The molecule has 1 aromatic heterocycles. The first kappa shape index (κ1) is 13.5. The Kier molecular flexibility index (Phi) is 3.46. The van der Waals surface area contributed by atoms with Crippen LogP contribution in [0.4, 0.5) is 0 Å². The highest BCUT2D eigenvalue weighted by molar-refractivity contribution is 7.91. The minimum Gasteiger partial charge on any atom is -0.338 e. The maximum Gasteiger partial charge on any atom is 0.245 e. The average molecular weight is 273 g/mol. The lowest BCUT2D eigenvalue weighted by Gasteiger charge is -2.19. The van der Waals surface area contributed by atoms with Gasteiger partial charge in [0.15, 0.2) is 15.7 Å². The third-order valence-corrected chi connectivity index (χ3v) is 5.70. The standard InChI is InChI=1S/C11H19N3O3S/c1-3-11(2,12)10-13-9(17-14-10)8-6-4-5-7-18(8,15)16/h8H,3-7,12H2,1-2H3. The van der Waals surface area contributed by atoms with Crippen LogP contribution in [0.2, 0.25) is 0 Å². The van der Waals surface area contributed by atoms with E-state index in [1.165, 1.54) is 0 Å². The number of nitrogens with two attached hydrogens (primary N) is 1. The molecule has 2 rings (SSSR count). The van der Waals surface area contributed by atoms with E-state index in [0.717, 1.165) is 6.42 Å². The van der Waals surface area contributed by atoms with Gasteiger partial charge in [0, 0.05) is 0 Å². The Bertz CT molecular complexity index is 521. The first-order valence-corrected chi connectivity index (χ1v) is 7.93. The SMILES string of the molecule is CCC(C)(N)c1noc(C2CCCCS2(=O)=O)n1. The number of aromatic nitrogens is 2. The first-order valence-electron chi connectivity index (χ1n) is 6.21. The van der Waals surface area contributed by atoms with Gasteiger partial charge >= 0.3 is 0 Å². The van der Waals surface area contributed by atoms with Gasteiger partial charge in [0.05, 0.1) is 11.3 Å². The number of hydrogen-bond donors (Lipinski definition) is 1. The molecule has 0 amide bonds. The van der Waals surface area contributed by atoms with Crippen LogP contribution in [0.5, 0.6) is 0 Å². The van der Waals surface area contributed by atoms with Gasteiger partial charge in [0.2, 0.25) is 5.89 Å². The molecule has 1 aliphatic heterocycles. The third kappa shape index (κ3) is 2.42. The van der Waals surface area contributed by atoms with Gasteiger partial charge < -0.3 is 10.3 Å². The Morgan fingerprint density at radius 2 is 2.22 bits per heavy atom. The molecule has 1 fully saturated rings. The lowest BCUT2D eigenvalue weighted by atomic mass is 10.0. The van der Waals surface area contributed by atoms with Crippen LogP contribution in [0, 0.1) is 0 Å². The maximum absolute atomic E-state index is 12.0. The molecule has 2 N–H and O–H groups in total. The highest BCUT2D eigenvalue weighted by Gasteiger charge is 2.36. The van der Waals surface area contributed by atoms with Gasteiger partial charge in [-0.1, -0.05) is 18.5 Å². The largest absolute Gasteiger partial charge is 0.338 e. The summed E-state index contributed by atoms with van der Waals surface area (Å²) in [7, 11) is -3.15. The van der Waals surface area contributed by atoms with Crippen LogP contribution in [-0.2, 0) is 15.4 Å². The maximum atomic E-state index is 12.0. The van der Waals surface area contributed by atoms with E-state index in [4.69, 9.17) is 10.3 Å². The summed E-state index contributed by atoms with van der Waals surface area (Å²) in [6.45, 7) is 3.73. The summed E-state index contributed by atoms with van der Waals surface area (Å²) in [6.07, 6.45) is 2.79. The van der Waals surface area contributed by atoms with Crippen LogP contribution < -0.4 is 5.73 Å². The van der Waals surface area contributed by atoms with E-state index in [2.05, 4.69) is 10.1 Å². The Morgan fingerprint density at radius 1 is 1.50 bits per heavy atom. The highest BCUT2D eigenvalue weighted by atomic mass is 32.2. The zero-order chi connectivity index (χ0) is 13.4. The van der Waals surface area contributed by atoms with Gasteiger partial charge in [-0.15, -0.1) is 0 Å². The zero-order valence-corrected chi connectivity index (χ0v) is 11.5. The monoisotopic (exact) mass is 273 g/mol. The van der Waals surface area contributed by atoms with Gasteiger partial charge in [-0.2, -0.15) is 4.98 Å². The molecule has 0 aromatic carbocycles. The molecular weight excluding hydrogens is 254 g/mol. The van der Waals surface area contributed by atoms with Gasteiger partial charge in [-0.05, 0) is 26.2 Å². The van der Waals surface area contributed by atoms with E-state index < -0.39 is 20.6 Å². The van der Waals surface area contributed by atoms with Crippen LogP contribution in [0.15, 0.2) is 4.52 Å². The Hall–Kier alpha value is -0.950. The fourth-order valence-corrected chi connectivity index (χ4v) is 3.81. The second-order valence-corrected chi connectivity index (χ2v) is 7.38. The van der Waals surface area contributed by atoms with Crippen LogP contribution in [-0.4, -0.2) is 24.3 Å². The summed E-state index contributed by atoms with van der Waals surface area (Å²) < 4.78 is 29.0. The zero-order valence-electron chi connectivity index (χ0n) is 10.7. The molecule has 0 radical (unpaired) electrons. The van der Waals surface area contributed by atoms with Crippen molar-refractivity contribution in [1.29, 1.82) is 0 Å². The summed E-state index contributed by atoms with van der Waals surface area (Å²) in [4.78, 5) is 4.19. The van der Waals surface area contributed by atoms with Crippen molar-refractivity contribution in [3.63, 3.8) is 0 Å². The first-order chi connectivity index (χ1) is 8.37. The van der Waals surface area contributed by atoms with E-state index in [0.29, 0.717) is 25.1 Å². The Morgan fingerprint density at radius 3 is 2.83 bits per heavy atom. The molecule has 102 valence electrons. The van der Waals surface area contributed by atoms with E-state index in [1.54, 1.807) is 6.92 Å². The van der Waals surface area contributed by atoms with E-state index >= 15 is 0 Å². The van der Waals surface area contributed by atoms with Gasteiger partial charge in [-0.3, -0.25) is 0 Å². The quantitative estimate of drug-likeness (QED) is 0.891. The van der Waals surface area contributed by atoms with E-state index in [1.807, 2.05) is 6.92 Å². The normalized spacial score (nSPS) is 26.7. The summed E-state index contributed by atoms with van der Waals surface area (Å²) >= 11 is 0. The summed E-state index contributed by atoms with van der Waals surface area (Å²) in [5.41, 5.74) is 5.33. The molecule has 7 heteroatoms. The van der Waals surface area contributed by atoms with Crippen molar-refractivity contribution in [2.45, 2.75) is 50.3 Å². The van der Waals surface area contributed by atoms with Crippen molar-refractivity contribution in [2.75, 3.05) is 5.75 Å². The van der Waals surface area contributed by atoms with Crippen molar-refractivity contribution in [1.82, 2.24) is 10.1 Å². The minimum atomic E-state index is -3.15. The summed E-state index contributed by atoms with van der Waals surface area (Å²) in [5, 5.41) is 3.17. The number of nitrogens with zero attached hydrogens (tertiary/aromatic N) is 2. The van der Waals surface area contributed by atoms with Gasteiger partial charge in [-0.25, -0.2) is 8.42 Å². The molecule has 1 aliphatic rings. The molecule has 0 spiro atoms. The van der Waals surface area contributed by atoms with Crippen LogP contribution >= 0.6 is 0 Å². The van der Waals surface area contributed by atoms with Crippen molar-refractivity contribution < 1.29 is 12.9 Å². The number of sulfone groups is 1. The van der Waals surface area contributed by atoms with E-state index in [9.17, 15) is 8.42 Å². The average Bonchev–Trinajstić information content (AvgIpc) is 2.78. The lowest BCUT2D eigenvalue weighted by molar-refractivity contribution is 0.343. The van der Waals surface area contributed by atoms with Crippen LogP contribution in [0.1, 0.15) is 56.5 Å². The fourth-order valence-electron chi connectivity index (χ4n) is 1.99. The van der Waals surface area contributed by atoms with Crippen LogP contribution in [0.3, 0.4) is 0 Å². The van der Waals surface area contributed by atoms with Crippen molar-refractivity contribution in [3.8, 4) is 0 Å². The van der Waals surface area contributed by atoms with Gasteiger partial charge in [0.1, 0.15) is 5.25 Å². The molecule has 0 aliphatic carbocycles. The topological polar surface area (TPSA) is 99.1 Å². The molecule has 2 unspecified atom stereocenters. The molecule has 1 saturated heterocycles. The highest BCUT2D eigenvalue weighted by Crippen LogP contribution is 2.33. The second-order valence-electron chi connectivity index (χ2n) is 5.08. The molecule has 6 nitrogen and oxygen atoms in total. The molecule has 0 bridgehead atoms. The smallest absolute Gasteiger partial charge is 0.245 e. The fraction of sp³-hybridized carbons (Fsp3) is 0.818. The van der Waals surface area contributed by atoms with Crippen molar-refractivity contribution in [2.24, 2.45) is 5.73 Å². The van der Waals surface area contributed by atoms with Crippen LogP contribution in [0.25, 0.3) is 0 Å². The van der Waals surface area contributed by atoms with Crippen molar-refractivity contribution in [3.05, 3.63) is 11.7 Å². The van der Waals surface area contributed by atoms with E-state index in [-0.39, 0.29) is 11.6 Å². The lowest BCUT2D eigenvalue weighted by Crippen LogP contribution is -2.33. The van der Waals surface area contributed by atoms with Gasteiger partial charge in [0.25, 0.3) is 0 Å². The predicted octanol–water partition coefficient (Wildman–Crippen LogP) is 1.29. The molecule has 18 heavy (non-hydrogen) atoms. The molecule has 2 atom stereocenters. The number of hydrogen-bond acceptors (Lipinski definition) is 6. The molecular formula is C11H19N3O3S. The molecule has 2 heterocycles. The predicted molar refractivity (Wildman–Crippen MR) is 66.5 cm³/mol. The second kappa shape index (κ2) is 4.62.